The lowest BCUT2D eigenvalue weighted by atomic mass is 10.1. The third-order valence-corrected chi connectivity index (χ3v) is 3.45. The number of aromatic hydroxyl groups is 1. The van der Waals surface area contributed by atoms with Crippen molar-refractivity contribution in [3.63, 3.8) is 0 Å². The zero-order chi connectivity index (χ0) is 13.9. The average Bonchev–Trinajstić information content (AvgIpc) is 2.48. The molecule has 0 amide bonds. The Bertz CT molecular complexity index is 782. The maximum absolute atomic E-state index is 10.0. The summed E-state index contributed by atoms with van der Waals surface area (Å²) in [6, 6.07) is 19.8. The number of aryl methyl sites for hydroxylation is 1. The van der Waals surface area contributed by atoms with Crippen LogP contribution >= 0.6 is 0 Å². The van der Waals surface area contributed by atoms with Gasteiger partial charge in [0.2, 0.25) is 5.69 Å². The summed E-state index contributed by atoms with van der Waals surface area (Å²) in [4.78, 5) is 0. The highest BCUT2D eigenvalue weighted by Gasteiger charge is 2.13. The van der Waals surface area contributed by atoms with Crippen LogP contribution in [0.4, 0.5) is 0 Å². The maximum Gasteiger partial charge on any atom is 0.254 e. The molecule has 0 aliphatic carbocycles. The first kappa shape index (κ1) is 15.1. The molecule has 0 unspecified atom stereocenters. The molecule has 0 spiro atoms. The molecular formula is C18H16ClNO. The topological polar surface area (TPSA) is 24.1 Å². The number of aromatic nitrogens is 1. The normalized spacial score (nSPS) is 10.7. The fourth-order valence-electron chi connectivity index (χ4n) is 2.38. The Balaban J connectivity index is 0.00000161. The minimum atomic E-state index is 0. The highest BCUT2D eigenvalue weighted by molar-refractivity contribution is 5.82. The van der Waals surface area contributed by atoms with Gasteiger partial charge in [0.15, 0.2) is 5.75 Å². The molecule has 0 bridgehead atoms. The Morgan fingerprint density at radius 3 is 2.38 bits per heavy atom. The second-order valence-corrected chi connectivity index (χ2v) is 4.78. The summed E-state index contributed by atoms with van der Waals surface area (Å²) in [6.45, 7) is 0. The number of halogens is 1. The molecule has 3 heteroatoms. The van der Waals surface area contributed by atoms with Gasteiger partial charge in [0.05, 0.1) is 5.39 Å². The van der Waals surface area contributed by atoms with E-state index in [9.17, 15) is 5.11 Å². The molecule has 0 radical (unpaired) electrons. The number of phenolic OH excluding ortho intramolecular Hbond substituents is 1. The average molecular weight is 298 g/mol. The SMILES string of the molecule is C[n+]1c(/C=C/c2ccccc2)ccc2cccc(O)c21.[Cl-]. The second kappa shape index (κ2) is 6.42. The van der Waals surface area contributed by atoms with Crippen molar-refractivity contribution in [1.29, 1.82) is 0 Å². The smallest absolute Gasteiger partial charge is 0.254 e. The molecule has 2 aromatic carbocycles. The van der Waals surface area contributed by atoms with Crippen molar-refractivity contribution >= 4 is 23.1 Å². The van der Waals surface area contributed by atoms with Gasteiger partial charge in [-0.15, -0.1) is 0 Å². The van der Waals surface area contributed by atoms with Gasteiger partial charge in [0.1, 0.15) is 7.05 Å². The summed E-state index contributed by atoms with van der Waals surface area (Å²) >= 11 is 0. The Morgan fingerprint density at radius 1 is 0.857 bits per heavy atom. The van der Waals surface area contributed by atoms with Gasteiger partial charge in [0.25, 0.3) is 5.52 Å². The lowest BCUT2D eigenvalue weighted by molar-refractivity contribution is -0.646. The van der Waals surface area contributed by atoms with E-state index in [0.29, 0.717) is 5.75 Å². The summed E-state index contributed by atoms with van der Waals surface area (Å²) in [7, 11) is 1.96. The molecule has 1 heterocycles. The molecule has 2 nitrogen and oxygen atoms in total. The number of phenols is 1. The Morgan fingerprint density at radius 2 is 1.62 bits per heavy atom. The monoisotopic (exact) mass is 297 g/mol. The zero-order valence-corrected chi connectivity index (χ0v) is 12.5. The predicted molar refractivity (Wildman–Crippen MR) is 82.2 cm³/mol. The van der Waals surface area contributed by atoms with Gasteiger partial charge in [-0.05, 0) is 29.8 Å². The summed E-state index contributed by atoms with van der Waals surface area (Å²) in [5.74, 6) is 0.306. The van der Waals surface area contributed by atoms with Crippen LogP contribution in [-0.4, -0.2) is 5.11 Å². The first-order chi connectivity index (χ1) is 9.75. The van der Waals surface area contributed by atoms with E-state index < -0.39 is 0 Å². The Kier molecular flexibility index (Phi) is 4.61. The summed E-state index contributed by atoms with van der Waals surface area (Å²) in [5, 5.41) is 11.0. The van der Waals surface area contributed by atoms with Gasteiger partial charge < -0.3 is 17.5 Å². The maximum atomic E-state index is 10.0. The number of hydrogen-bond acceptors (Lipinski definition) is 1. The number of hydrogen-bond donors (Lipinski definition) is 1. The third-order valence-electron chi connectivity index (χ3n) is 3.45. The first-order valence-corrected chi connectivity index (χ1v) is 6.59. The van der Waals surface area contributed by atoms with Gasteiger partial charge in [-0.3, -0.25) is 0 Å². The van der Waals surface area contributed by atoms with E-state index in [1.807, 2.05) is 48.0 Å². The van der Waals surface area contributed by atoms with Crippen LogP contribution in [0, 0.1) is 0 Å². The van der Waals surface area contributed by atoms with Crippen LogP contribution in [0.15, 0.2) is 60.7 Å². The minimum Gasteiger partial charge on any atom is -1.00 e. The quantitative estimate of drug-likeness (QED) is 0.686. The first-order valence-electron chi connectivity index (χ1n) is 6.59. The van der Waals surface area contributed by atoms with Crippen LogP contribution < -0.4 is 17.0 Å². The molecule has 3 rings (SSSR count). The molecule has 0 fully saturated rings. The molecule has 21 heavy (non-hydrogen) atoms. The molecule has 3 aromatic rings. The highest BCUT2D eigenvalue weighted by atomic mass is 35.5. The van der Waals surface area contributed by atoms with Crippen molar-refractivity contribution in [1.82, 2.24) is 0 Å². The lowest BCUT2D eigenvalue weighted by Gasteiger charge is -2.01. The Hall–Kier alpha value is -2.32. The number of para-hydroxylation sites is 1. The van der Waals surface area contributed by atoms with E-state index in [1.54, 1.807) is 6.07 Å². The van der Waals surface area contributed by atoms with E-state index in [-0.39, 0.29) is 12.4 Å². The van der Waals surface area contributed by atoms with Crippen LogP contribution in [0.1, 0.15) is 11.3 Å². The second-order valence-electron chi connectivity index (χ2n) is 4.78. The molecule has 0 aliphatic rings. The van der Waals surface area contributed by atoms with Crippen molar-refractivity contribution in [2.75, 3.05) is 0 Å². The summed E-state index contributed by atoms with van der Waals surface area (Å²) in [6.07, 6.45) is 4.13. The van der Waals surface area contributed by atoms with Crippen LogP contribution in [0.3, 0.4) is 0 Å². The molecule has 0 saturated carbocycles. The molecule has 0 saturated heterocycles. The molecule has 1 aromatic heterocycles. The summed E-state index contributed by atoms with van der Waals surface area (Å²) < 4.78 is 2.00. The van der Waals surface area contributed by atoms with Crippen molar-refractivity contribution in [2.24, 2.45) is 7.05 Å². The van der Waals surface area contributed by atoms with E-state index in [1.165, 1.54) is 0 Å². The van der Waals surface area contributed by atoms with E-state index >= 15 is 0 Å². The number of rotatable bonds is 2. The van der Waals surface area contributed by atoms with Crippen LogP contribution in [-0.2, 0) is 7.05 Å². The molecular weight excluding hydrogens is 282 g/mol. The zero-order valence-electron chi connectivity index (χ0n) is 11.7. The molecule has 0 atom stereocenters. The summed E-state index contributed by atoms with van der Waals surface area (Å²) in [5.41, 5.74) is 3.05. The fourth-order valence-corrected chi connectivity index (χ4v) is 2.38. The minimum absolute atomic E-state index is 0. The highest BCUT2D eigenvalue weighted by Crippen LogP contribution is 2.21. The van der Waals surface area contributed by atoms with E-state index in [4.69, 9.17) is 0 Å². The van der Waals surface area contributed by atoms with Crippen LogP contribution in [0.25, 0.3) is 23.1 Å². The largest absolute Gasteiger partial charge is 1.00 e. The Labute approximate surface area is 130 Å². The van der Waals surface area contributed by atoms with Gasteiger partial charge in [0, 0.05) is 12.1 Å². The predicted octanol–water partition coefficient (Wildman–Crippen LogP) is 0.544. The molecule has 0 aliphatic heterocycles. The molecule has 1 N–H and O–H groups in total. The third kappa shape index (κ3) is 3.06. The van der Waals surface area contributed by atoms with Gasteiger partial charge in [-0.1, -0.05) is 36.4 Å². The number of benzene rings is 2. The van der Waals surface area contributed by atoms with E-state index in [2.05, 4.69) is 30.4 Å². The van der Waals surface area contributed by atoms with Crippen molar-refractivity contribution in [3.8, 4) is 5.75 Å². The standard InChI is InChI=1S/C18H15NO.ClH/c1-19-16(12-10-14-6-3-2-4-7-14)13-11-15-8-5-9-17(20)18(15)19;/h2-13H,1H3;1H/b12-10+;. The van der Waals surface area contributed by atoms with Crippen molar-refractivity contribution in [2.45, 2.75) is 0 Å². The van der Waals surface area contributed by atoms with Crippen LogP contribution in [0.5, 0.6) is 5.75 Å². The van der Waals surface area contributed by atoms with Crippen molar-refractivity contribution in [3.05, 3.63) is 71.9 Å². The molecule has 106 valence electrons. The van der Waals surface area contributed by atoms with Gasteiger partial charge in [-0.2, -0.15) is 4.57 Å². The van der Waals surface area contributed by atoms with E-state index in [0.717, 1.165) is 22.2 Å². The number of nitrogens with zero attached hydrogens (tertiary/aromatic N) is 1. The van der Waals surface area contributed by atoms with Crippen LogP contribution in [0.2, 0.25) is 0 Å². The van der Waals surface area contributed by atoms with Gasteiger partial charge in [-0.25, -0.2) is 0 Å². The number of fused-ring (bicyclic) bond motifs is 1. The fraction of sp³-hybridized carbons (Fsp3) is 0.0556. The lowest BCUT2D eigenvalue weighted by Crippen LogP contribution is -3.00. The van der Waals surface area contributed by atoms with Gasteiger partial charge >= 0.3 is 0 Å². The van der Waals surface area contributed by atoms with Crippen molar-refractivity contribution < 1.29 is 22.1 Å². The number of pyridine rings is 1.